The van der Waals surface area contributed by atoms with Crippen LogP contribution in [0.3, 0.4) is 0 Å². The van der Waals surface area contributed by atoms with Crippen LogP contribution in [0.4, 0.5) is 11.4 Å². The average molecular weight is 507 g/mol. The van der Waals surface area contributed by atoms with Gasteiger partial charge in [-0.2, -0.15) is 0 Å². The Balaban J connectivity index is 0.000000110. The fourth-order valence-corrected chi connectivity index (χ4v) is 6.79. The first-order valence-corrected chi connectivity index (χ1v) is 14.8. The van der Waals surface area contributed by atoms with Crippen LogP contribution in [0.25, 0.3) is 10.9 Å². The molecule has 8 rings (SSSR count). The highest BCUT2D eigenvalue weighted by Gasteiger charge is 2.22. The molecule has 4 aromatic rings. The van der Waals surface area contributed by atoms with Crippen molar-refractivity contribution in [1.82, 2.24) is 4.57 Å². The Morgan fingerprint density at radius 3 is 2.24 bits per heavy atom. The summed E-state index contributed by atoms with van der Waals surface area (Å²) in [6.07, 6.45) is 14.3. The number of para-hydroxylation sites is 3. The Bertz CT molecular complexity index is 1360. The largest absolute Gasteiger partial charge is 0.385 e. The minimum absolute atomic E-state index is 0.983. The SMILES string of the molecule is NN1CCCc2ccccc21.c1cc2c3c(c1)c1c(n3CCC2)CCCCC1.c1ccc2c(c1)CCCN2. The Morgan fingerprint density at radius 2 is 1.34 bits per heavy atom. The van der Waals surface area contributed by atoms with Crippen molar-refractivity contribution in [2.24, 2.45) is 5.84 Å². The van der Waals surface area contributed by atoms with Crippen molar-refractivity contribution in [1.29, 1.82) is 0 Å². The van der Waals surface area contributed by atoms with Crippen LogP contribution < -0.4 is 16.2 Å². The molecule has 38 heavy (non-hydrogen) atoms. The van der Waals surface area contributed by atoms with Gasteiger partial charge in [0.05, 0.1) is 11.2 Å². The lowest BCUT2D eigenvalue weighted by atomic mass is 10.0. The topological polar surface area (TPSA) is 46.2 Å². The van der Waals surface area contributed by atoms with E-state index < -0.39 is 0 Å². The fraction of sp³-hybridized carbons (Fsp3) is 0.412. The molecule has 0 saturated heterocycles. The van der Waals surface area contributed by atoms with Gasteiger partial charge in [-0.3, -0.25) is 0 Å². The van der Waals surface area contributed by atoms with Crippen molar-refractivity contribution in [3.8, 4) is 0 Å². The Morgan fingerprint density at radius 1 is 0.605 bits per heavy atom. The summed E-state index contributed by atoms with van der Waals surface area (Å²) in [5.41, 5.74) is 11.9. The number of aryl methyl sites for hydroxylation is 5. The molecule has 1 aliphatic carbocycles. The average Bonchev–Trinajstić information content (AvgIpc) is 3.12. The summed E-state index contributed by atoms with van der Waals surface area (Å²) >= 11 is 0. The molecule has 198 valence electrons. The minimum Gasteiger partial charge on any atom is -0.385 e. The van der Waals surface area contributed by atoms with Crippen LogP contribution in [0.1, 0.15) is 66.5 Å². The second-order valence-corrected chi connectivity index (χ2v) is 11.2. The predicted molar refractivity (Wildman–Crippen MR) is 161 cm³/mol. The maximum absolute atomic E-state index is 5.78. The van der Waals surface area contributed by atoms with Gasteiger partial charge in [-0.05, 0) is 98.6 Å². The first kappa shape index (κ1) is 25.1. The summed E-state index contributed by atoms with van der Waals surface area (Å²) < 4.78 is 2.65. The molecule has 0 amide bonds. The highest BCUT2D eigenvalue weighted by atomic mass is 15.4. The highest BCUT2D eigenvalue weighted by molar-refractivity contribution is 5.89. The fourth-order valence-electron chi connectivity index (χ4n) is 6.79. The monoisotopic (exact) mass is 506 g/mol. The zero-order chi connectivity index (χ0) is 25.7. The van der Waals surface area contributed by atoms with Gasteiger partial charge < -0.3 is 14.9 Å². The van der Waals surface area contributed by atoms with E-state index in [1.165, 1.54) is 99.7 Å². The molecule has 3 N–H and O–H groups in total. The lowest BCUT2D eigenvalue weighted by molar-refractivity contribution is 0.602. The zero-order valence-electron chi connectivity index (χ0n) is 22.7. The molecule has 4 nitrogen and oxygen atoms in total. The van der Waals surface area contributed by atoms with Crippen molar-refractivity contribution in [3.63, 3.8) is 0 Å². The van der Waals surface area contributed by atoms with Crippen LogP contribution in [-0.4, -0.2) is 17.7 Å². The van der Waals surface area contributed by atoms with Gasteiger partial charge in [0.1, 0.15) is 0 Å². The molecular weight excluding hydrogens is 464 g/mol. The standard InChI is InChI=1S/C16H19N.C9H12N2.C9H11N/c1-2-8-13-14-9-4-6-12-7-5-11-17(16(12)14)15(13)10-3-1;10-11-7-3-5-8-4-1-2-6-9(8)11;1-2-6-9-8(4-1)5-3-7-10-9/h4,6,9H,1-3,5,7-8,10-11H2;1-2,4,6H,3,5,7,10H2;1-2,4,6,10H,3,5,7H2. The summed E-state index contributed by atoms with van der Waals surface area (Å²) in [5, 5.41) is 6.76. The van der Waals surface area contributed by atoms with E-state index in [1.54, 1.807) is 27.7 Å². The van der Waals surface area contributed by atoms with Crippen molar-refractivity contribution in [2.75, 3.05) is 23.4 Å². The maximum Gasteiger partial charge on any atom is 0.0549 e. The molecule has 4 heteroatoms. The molecule has 1 aromatic heterocycles. The molecule has 0 spiro atoms. The van der Waals surface area contributed by atoms with E-state index in [-0.39, 0.29) is 0 Å². The molecular formula is C34H42N4. The third kappa shape index (κ3) is 5.19. The van der Waals surface area contributed by atoms with Crippen molar-refractivity contribution in [3.05, 3.63) is 94.7 Å². The smallest absolute Gasteiger partial charge is 0.0549 e. The second-order valence-electron chi connectivity index (χ2n) is 11.2. The van der Waals surface area contributed by atoms with Crippen LogP contribution in [0.5, 0.6) is 0 Å². The third-order valence-corrected chi connectivity index (χ3v) is 8.66. The van der Waals surface area contributed by atoms with Gasteiger partial charge in [-0.25, -0.2) is 5.84 Å². The van der Waals surface area contributed by atoms with Gasteiger partial charge in [0.25, 0.3) is 0 Å². The van der Waals surface area contributed by atoms with E-state index >= 15 is 0 Å². The lowest BCUT2D eigenvalue weighted by Crippen LogP contribution is -2.35. The van der Waals surface area contributed by atoms with Crippen molar-refractivity contribution in [2.45, 2.75) is 77.2 Å². The van der Waals surface area contributed by atoms with E-state index in [0.717, 1.165) is 13.1 Å². The van der Waals surface area contributed by atoms with E-state index in [4.69, 9.17) is 5.84 Å². The van der Waals surface area contributed by atoms with Crippen LogP contribution in [-0.2, 0) is 38.6 Å². The molecule has 4 aliphatic rings. The van der Waals surface area contributed by atoms with Crippen LogP contribution >= 0.6 is 0 Å². The van der Waals surface area contributed by atoms with Crippen LogP contribution in [0.2, 0.25) is 0 Å². The quantitative estimate of drug-likeness (QED) is 0.196. The van der Waals surface area contributed by atoms with Gasteiger partial charge in [-0.15, -0.1) is 0 Å². The third-order valence-electron chi connectivity index (χ3n) is 8.66. The summed E-state index contributed by atoms with van der Waals surface area (Å²) in [4.78, 5) is 0. The number of nitrogens with zero attached hydrogens (tertiary/aromatic N) is 2. The first-order chi connectivity index (χ1) is 18.8. The summed E-state index contributed by atoms with van der Waals surface area (Å²) in [7, 11) is 0. The van der Waals surface area contributed by atoms with E-state index in [1.807, 2.05) is 11.1 Å². The van der Waals surface area contributed by atoms with Crippen molar-refractivity contribution >= 4 is 22.3 Å². The minimum atomic E-state index is 0.983. The number of aromatic nitrogens is 1. The predicted octanol–water partition coefficient (Wildman–Crippen LogP) is 7.21. The van der Waals surface area contributed by atoms with Gasteiger partial charge in [0.2, 0.25) is 0 Å². The van der Waals surface area contributed by atoms with Gasteiger partial charge in [0.15, 0.2) is 0 Å². The molecule has 0 atom stereocenters. The Labute approximate surface area is 227 Å². The van der Waals surface area contributed by atoms with E-state index in [9.17, 15) is 0 Å². The summed E-state index contributed by atoms with van der Waals surface area (Å²) in [6, 6.07) is 23.8. The molecule has 0 radical (unpaired) electrons. The first-order valence-electron chi connectivity index (χ1n) is 14.8. The van der Waals surface area contributed by atoms with Gasteiger partial charge in [0, 0.05) is 36.4 Å². The van der Waals surface area contributed by atoms with E-state index in [2.05, 4.69) is 70.5 Å². The summed E-state index contributed by atoms with van der Waals surface area (Å²) in [5.74, 6) is 5.78. The number of hydrogen-bond donors (Lipinski definition) is 2. The number of hydrazine groups is 1. The number of nitrogens with two attached hydrogens (primary N) is 1. The number of anilines is 2. The molecule has 4 heterocycles. The lowest BCUT2D eigenvalue weighted by Gasteiger charge is -2.26. The number of nitrogens with one attached hydrogen (secondary N) is 1. The second kappa shape index (κ2) is 11.7. The number of rotatable bonds is 0. The Hall–Kier alpha value is -3.24. The molecule has 0 unspecified atom stereocenters. The molecule has 0 fully saturated rings. The number of fused-ring (bicyclic) bond motifs is 5. The van der Waals surface area contributed by atoms with Gasteiger partial charge >= 0.3 is 0 Å². The maximum atomic E-state index is 5.78. The summed E-state index contributed by atoms with van der Waals surface area (Å²) in [6.45, 7) is 3.37. The van der Waals surface area contributed by atoms with Crippen LogP contribution in [0, 0.1) is 0 Å². The number of hydrogen-bond acceptors (Lipinski definition) is 3. The van der Waals surface area contributed by atoms with Crippen molar-refractivity contribution < 1.29 is 0 Å². The van der Waals surface area contributed by atoms with E-state index in [0.29, 0.717) is 0 Å². The number of benzene rings is 3. The molecule has 3 aliphatic heterocycles. The zero-order valence-corrected chi connectivity index (χ0v) is 22.7. The van der Waals surface area contributed by atoms with Crippen LogP contribution in [0.15, 0.2) is 66.7 Å². The Kier molecular flexibility index (Phi) is 7.69. The molecule has 0 saturated carbocycles. The molecule has 0 bridgehead atoms. The molecule has 3 aromatic carbocycles. The van der Waals surface area contributed by atoms with Gasteiger partial charge in [-0.1, -0.05) is 61.0 Å². The highest BCUT2D eigenvalue weighted by Crippen LogP contribution is 2.36. The normalized spacial score (nSPS) is 17.3.